The molecule has 2 rings (SSSR count). The Morgan fingerprint density at radius 3 is 1.33 bits per heavy atom. The Hall–Kier alpha value is -2.84. The van der Waals surface area contributed by atoms with Gasteiger partial charge < -0.3 is 11.5 Å². The molecule has 0 heterocycles. The molecule has 0 atom stereocenters. The van der Waals surface area contributed by atoms with Crippen LogP contribution in [-0.4, -0.2) is 0 Å². The van der Waals surface area contributed by atoms with Crippen molar-refractivity contribution in [2.45, 2.75) is 0 Å². The zero-order chi connectivity index (χ0) is 13.4. The Bertz CT molecular complexity index is 545. The molecule has 2 aromatic rings. The lowest BCUT2D eigenvalue weighted by Gasteiger charge is -1.90. The first-order valence-electron chi connectivity index (χ1n) is 5.30. The van der Waals surface area contributed by atoms with Crippen LogP contribution < -0.4 is 11.5 Å². The van der Waals surface area contributed by atoms with Crippen LogP contribution in [0.5, 0.6) is 0 Å². The Labute approximate surface area is 108 Å². The lowest BCUT2D eigenvalue weighted by Crippen LogP contribution is -1.83. The summed E-state index contributed by atoms with van der Waals surface area (Å²) < 4.78 is 0. The van der Waals surface area contributed by atoms with Gasteiger partial charge in [0.15, 0.2) is 0 Å². The van der Waals surface area contributed by atoms with Gasteiger partial charge in [-0.15, -0.1) is 12.8 Å². The Morgan fingerprint density at radius 1 is 0.722 bits per heavy atom. The predicted molar refractivity (Wildman–Crippen MR) is 77.6 cm³/mol. The molecule has 0 aliphatic carbocycles. The van der Waals surface area contributed by atoms with Crippen molar-refractivity contribution in [1.29, 1.82) is 0 Å². The lowest BCUT2D eigenvalue weighted by molar-refractivity contribution is 1.64. The summed E-state index contributed by atoms with van der Waals surface area (Å²) in [6, 6.07) is 14.5. The van der Waals surface area contributed by atoms with E-state index >= 15 is 0 Å². The van der Waals surface area contributed by atoms with Gasteiger partial charge in [-0.25, -0.2) is 0 Å². The minimum absolute atomic E-state index is 0.713. The zero-order valence-corrected chi connectivity index (χ0v) is 9.93. The minimum Gasteiger partial charge on any atom is -0.399 e. The molecule has 0 fully saturated rings. The molecule has 0 saturated carbocycles. The molecular weight excluding hydrogens is 220 g/mol. The van der Waals surface area contributed by atoms with Crippen LogP contribution in [0.25, 0.3) is 0 Å². The monoisotopic (exact) mass is 234 g/mol. The van der Waals surface area contributed by atoms with E-state index in [9.17, 15) is 0 Å². The Kier molecular flexibility index (Phi) is 4.91. The van der Waals surface area contributed by atoms with Gasteiger partial charge in [-0.3, -0.25) is 0 Å². The van der Waals surface area contributed by atoms with Crippen LogP contribution in [0.15, 0.2) is 48.5 Å². The highest BCUT2D eigenvalue weighted by Gasteiger charge is 1.85. The molecule has 18 heavy (non-hydrogen) atoms. The fraction of sp³-hybridized carbons (Fsp3) is 0. The number of nitrogen functional groups attached to an aromatic ring is 2. The summed E-state index contributed by atoms with van der Waals surface area (Å²) in [6.07, 6.45) is 10.2. The van der Waals surface area contributed by atoms with Gasteiger partial charge in [0.05, 0.1) is 0 Å². The zero-order valence-electron chi connectivity index (χ0n) is 9.93. The minimum atomic E-state index is 0.713. The van der Waals surface area contributed by atoms with Gasteiger partial charge in [-0.05, 0) is 36.4 Å². The summed E-state index contributed by atoms with van der Waals surface area (Å²) in [4.78, 5) is 0. The highest BCUT2D eigenvalue weighted by Crippen LogP contribution is 2.04. The fourth-order valence-electron chi connectivity index (χ4n) is 1.26. The maximum absolute atomic E-state index is 5.44. The number of anilines is 2. The van der Waals surface area contributed by atoms with Gasteiger partial charge in [-0.1, -0.05) is 24.0 Å². The van der Waals surface area contributed by atoms with E-state index in [0.717, 1.165) is 11.1 Å². The third-order valence-corrected chi connectivity index (χ3v) is 2.11. The van der Waals surface area contributed by atoms with E-state index in [0.29, 0.717) is 11.4 Å². The summed E-state index contributed by atoms with van der Waals surface area (Å²) in [7, 11) is 0. The highest BCUT2D eigenvalue weighted by atomic mass is 14.5. The van der Waals surface area contributed by atoms with Crippen LogP contribution in [-0.2, 0) is 0 Å². The normalized spacial score (nSPS) is 8.33. The molecule has 0 aliphatic rings. The van der Waals surface area contributed by atoms with Crippen LogP contribution in [0, 0.1) is 24.7 Å². The summed E-state index contributed by atoms with van der Waals surface area (Å²) in [5.41, 5.74) is 14.0. The van der Waals surface area contributed by atoms with Crippen molar-refractivity contribution >= 4 is 11.4 Å². The predicted octanol–water partition coefficient (Wildman–Crippen LogP) is 2.50. The number of hydrogen-bond donors (Lipinski definition) is 2. The highest BCUT2D eigenvalue weighted by molar-refractivity contribution is 5.46. The van der Waals surface area contributed by atoms with Crippen molar-refractivity contribution in [2.24, 2.45) is 0 Å². The second kappa shape index (κ2) is 6.68. The summed E-state index contributed by atoms with van der Waals surface area (Å²) in [5.74, 6) is 4.98. The maximum atomic E-state index is 5.44. The second-order valence-corrected chi connectivity index (χ2v) is 3.54. The first kappa shape index (κ1) is 13.2. The molecule has 0 radical (unpaired) electrons. The topological polar surface area (TPSA) is 52.0 Å². The van der Waals surface area contributed by atoms with Crippen LogP contribution >= 0.6 is 0 Å². The molecule has 0 amide bonds. The standard InChI is InChI=1S/2C8H7N/c2*1-2-7-4-3-5-8(9)6-7/h2*1,3-6H,9H2. The van der Waals surface area contributed by atoms with Gasteiger partial charge in [0.25, 0.3) is 0 Å². The van der Waals surface area contributed by atoms with E-state index in [-0.39, 0.29) is 0 Å². The smallest absolute Gasteiger partial charge is 0.0326 e. The fourth-order valence-corrected chi connectivity index (χ4v) is 1.26. The molecule has 2 heteroatoms. The van der Waals surface area contributed by atoms with Crippen molar-refractivity contribution in [1.82, 2.24) is 0 Å². The quantitative estimate of drug-likeness (QED) is 0.543. The molecular formula is C16H14N2. The van der Waals surface area contributed by atoms with Crippen molar-refractivity contribution in [3.8, 4) is 24.7 Å². The lowest BCUT2D eigenvalue weighted by atomic mass is 10.2. The third kappa shape index (κ3) is 4.35. The molecule has 0 saturated heterocycles. The van der Waals surface area contributed by atoms with Crippen molar-refractivity contribution in [3.63, 3.8) is 0 Å². The molecule has 0 unspecified atom stereocenters. The SMILES string of the molecule is C#Cc1cccc(N)c1.C#Cc1cccc(N)c1. The summed E-state index contributed by atoms with van der Waals surface area (Å²) in [6.45, 7) is 0. The number of hydrogen-bond acceptors (Lipinski definition) is 2. The van der Waals surface area contributed by atoms with Crippen molar-refractivity contribution < 1.29 is 0 Å². The molecule has 0 spiro atoms. The van der Waals surface area contributed by atoms with Gasteiger partial charge in [0.1, 0.15) is 0 Å². The number of terminal acetylenes is 2. The average molecular weight is 234 g/mol. The van der Waals surface area contributed by atoms with E-state index in [1.54, 1.807) is 24.3 Å². The molecule has 0 aromatic heterocycles. The maximum Gasteiger partial charge on any atom is 0.0326 e. The van der Waals surface area contributed by atoms with Crippen molar-refractivity contribution in [2.75, 3.05) is 11.5 Å². The first-order chi connectivity index (χ1) is 8.65. The van der Waals surface area contributed by atoms with Crippen molar-refractivity contribution in [3.05, 3.63) is 59.7 Å². The largest absolute Gasteiger partial charge is 0.399 e. The van der Waals surface area contributed by atoms with E-state index in [4.69, 9.17) is 24.3 Å². The first-order valence-corrected chi connectivity index (χ1v) is 5.30. The average Bonchev–Trinajstić information content (AvgIpc) is 2.39. The molecule has 88 valence electrons. The van der Waals surface area contributed by atoms with Gasteiger partial charge in [0, 0.05) is 22.5 Å². The molecule has 4 N–H and O–H groups in total. The number of rotatable bonds is 0. The van der Waals surface area contributed by atoms with Crippen LogP contribution in [0.1, 0.15) is 11.1 Å². The van der Waals surface area contributed by atoms with Crippen LogP contribution in [0.2, 0.25) is 0 Å². The summed E-state index contributed by atoms with van der Waals surface area (Å²) >= 11 is 0. The van der Waals surface area contributed by atoms with Gasteiger partial charge in [0.2, 0.25) is 0 Å². The van der Waals surface area contributed by atoms with Gasteiger partial charge in [-0.2, -0.15) is 0 Å². The molecule has 2 nitrogen and oxygen atoms in total. The van der Waals surface area contributed by atoms with E-state index in [1.165, 1.54) is 0 Å². The van der Waals surface area contributed by atoms with Crippen LogP contribution in [0.3, 0.4) is 0 Å². The second-order valence-electron chi connectivity index (χ2n) is 3.54. The molecule has 2 aromatic carbocycles. The van der Waals surface area contributed by atoms with Gasteiger partial charge >= 0.3 is 0 Å². The Morgan fingerprint density at radius 2 is 1.11 bits per heavy atom. The molecule has 0 bridgehead atoms. The number of benzene rings is 2. The summed E-state index contributed by atoms with van der Waals surface area (Å²) in [5, 5.41) is 0. The van der Waals surface area contributed by atoms with Crippen LogP contribution in [0.4, 0.5) is 11.4 Å². The third-order valence-electron chi connectivity index (χ3n) is 2.11. The van der Waals surface area contributed by atoms with E-state index < -0.39 is 0 Å². The Balaban J connectivity index is 0.000000180. The molecule has 0 aliphatic heterocycles. The van der Waals surface area contributed by atoms with E-state index in [1.807, 2.05) is 24.3 Å². The van der Waals surface area contributed by atoms with E-state index in [2.05, 4.69) is 11.8 Å². The number of nitrogens with two attached hydrogens (primary N) is 2.